The molecule has 166 valence electrons. The highest BCUT2D eigenvalue weighted by Gasteiger charge is 2.51. The molecule has 5 nitrogen and oxygen atoms in total. The van der Waals surface area contributed by atoms with Crippen LogP contribution in [0.3, 0.4) is 0 Å². The van der Waals surface area contributed by atoms with E-state index in [1.807, 2.05) is 0 Å². The molecule has 2 rings (SSSR count). The summed E-state index contributed by atoms with van der Waals surface area (Å²) in [7, 11) is -5.67. The second-order valence-electron chi connectivity index (χ2n) is 9.58. The van der Waals surface area contributed by atoms with Crippen LogP contribution in [-0.2, 0) is 16.5 Å². The van der Waals surface area contributed by atoms with Crippen molar-refractivity contribution in [3.63, 3.8) is 0 Å². The molecule has 0 aromatic heterocycles. The van der Waals surface area contributed by atoms with Crippen molar-refractivity contribution in [3.05, 3.63) is 29.8 Å². The van der Waals surface area contributed by atoms with Gasteiger partial charge in [-0.2, -0.15) is 21.6 Å². The van der Waals surface area contributed by atoms with E-state index in [4.69, 9.17) is 0 Å². The minimum absolute atomic E-state index is 0.0702. The quantitative estimate of drug-likeness (QED) is 0.572. The Labute approximate surface area is 171 Å². The van der Waals surface area contributed by atoms with Crippen molar-refractivity contribution in [1.82, 2.24) is 10.2 Å². The predicted molar refractivity (Wildman–Crippen MR) is 107 cm³/mol. The van der Waals surface area contributed by atoms with Crippen LogP contribution in [0.2, 0.25) is 0 Å². The molecule has 1 aliphatic heterocycles. The average molecular weight is 437 g/mol. The minimum atomic E-state index is -5.67. The van der Waals surface area contributed by atoms with E-state index in [1.165, 1.54) is 12.1 Å². The maximum Gasteiger partial charge on any atom is 0.534 e. The Morgan fingerprint density at radius 1 is 1.07 bits per heavy atom. The van der Waals surface area contributed by atoms with Gasteiger partial charge in [0, 0.05) is 30.7 Å². The van der Waals surface area contributed by atoms with Crippen LogP contribution in [0.15, 0.2) is 24.3 Å². The van der Waals surface area contributed by atoms with E-state index in [-0.39, 0.29) is 22.2 Å². The maximum absolute atomic E-state index is 12.5. The summed E-state index contributed by atoms with van der Waals surface area (Å²) in [4.78, 5) is 2.50. The van der Waals surface area contributed by atoms with Gasteiger partial charge in [0.05, 0.1) is 0 Å². The van der Waals surface area contributed by atoms with Gasteiger partial charge < -0.3 is 9.50 Å². The van der Waals surface area contributed by atoms with Gasteiger partial charge in [0.25, 0.3) is 0 Å². The first-order chi connectivity index (χ1) is 13.0. The summed E-state index contributed by atoms with van der Waals surface area (Å²) in [5.41, 5.74) is -4.95. The van der Waals surface area contributed by atoms with Gasteiger partial charge in [-0.1, -0.05) is 32.9 Å². The lowest BCUT2D eigenvalue weighted by molar-refractivity contribution is -0.0787. The molecule has 0 spiro atoms. The van der Waals surface area contributed by atoms with Crippen LogP contribution in [0.25, 0.3) is 0 Å². The summed E-state index contributed by atoms with van der Waals surface area (Å²) in [5.74, 6) is -0.356. The van der Waals surface area contributed by atoms with Crippen LogP contribution >= 0.6 is 0 Å². The molecule has 0 aliphatic carbocycles. The summed E-state index contributed by atoms with van der Waals surface area (Å²) in [5, 5.41) is 3.49. The number of hydrogen-bond acceptors (Lipinski definition) is 5. The van der Waals surface area contributed by atoms with Gasteiger partial charge in [0.15, 0.2) is 0 Å². The number of nitrogens with zero attached hydrogens (tertiary/aromatic N) is 1. The van der Waals surface area contributed by atoms with Crippen molar-refractivity contribution >= 4 is 10.1 Å². The number of benzene rings is 1. The summed E-state index contributed by atoms with van der Waals surface area (Å²) in [6.45, 7) is 15.6. The molecule has 0 saturated carbocycles. The Hall–Kier alpha value is -1.32. The zero-order chi connectivity index (χ0) is 22.3. The fourth-order valence-electron chi connectivity index (χ4n) is 4.04. The molecule has 0 radical (unpaired) electrons. The fraction of sp³-hybridized carbons (Fsp3) is 0.700. The third kappa shape index (κ3) is 5.06. The van der Waals surface area contributed by atoms with E-state index in [0.29, 0.717) is 6.42 Å². The molecular weight excluding hydrogens is 405 g/mol. The molecule has 1 N–H and O–H groups in total. The Bertz CT molecular complexity index is 809. The first-order valence-electron chi connectivity index (χ1n) is 9.58. The smallest absolute Gasteiger partial charge is 0.376 e. The lowest BCUT2D eigenvalue weighted by Gasteiger charge is -2.60. The SMILES string of the molecule is CC(C)(C)N1CCNC[C@@]1(Cc1ccc(OS(=O)(=O)C(F)(F)F)cc1)C(C)(C)C. The standard InChI is InChI=1S/C20H31F3N2O3S/c1-17(2,3)19(14-24-11-12-25(19)18(4,5)6)13-15-7-9-16(10-8-15)28-29(26,27)20(21,22)23/h7-10,24H,11-14H2,1-6H3/t19-/m0/s1. The van der Waals surface area contributed by atoms with Gasteiger partial charge in [-0.05, 0) is 50.3 Å². The fourth-order valence-corrected chi connectivity index (χ4v) is 4.50. The summed E-state index contributed by atoms with van der Waals surface area (Å²) >= 11 is 0. The second-order valence-corrected chi connectivity index (χ2v) is 11.1. The van der Waals surface area contributed by atoms with Crippen LogP contribution in [0.1, 0.15) is 47.1 Å². The molecule has 29 heavy (non-hydrogen) atoms. The van der Waals surface area contributed by atoms with Gasteiger partial charge in [0.2, 0.25) is 0 Å². The number of nitrogens with one attached hydrogen (secondary N) is 1. The molecule has 1 aliphatic rings. The Morgan fingerprint density at radius 2 is 1.62 bits per heavy atom. The Kier molecular flexibility index (Phi) is 6.39. The van der Waals surface area contributed by atoms with Gasteiger partial charge in [-0.15, -0.1) is 0 Å². The van der Waals surface area contributed by atoms with Crippen LogP contribution in [0.4, 0.5) is 13.2 Å². The summed E-state index contributed by atoms with van der Waals surface area (Å²) in [6.07, 6.45) is 0.660. The highest BCUT2D eigenvalue weighted by molar-refractivity contribution is 7.88. The third-order valence-electron chi connectivity index (χ3n) is 5.56. The molecular formula is C20H31F3N2O3S. The zero-order valence-corrected chi connectivity index (χ0v) is 18.7. The van der Waals surface area contributed by atoms with Gasteiger partial charge in [-0.3, -0.25) is 4.90 Å². The van der Waals surface area contributed by atoms with Crippen LogP contribution < -0.4 is 9.50 Å². The van der Waals surface area contributed by atoms with Crippen LogP contribution in [0, 0.1) is 5.41 Å². The number of rotatable bonds is 4. The van der Waals surface area contributed by atoms with Gasteiger partial charge in [-0.25, -0.2) is 0 Å². The third-order valence-corrected chi connectivity index (χ3v) is 6.54. The van der Waals surface area contributed by atoms with Crippen molar-refractivity contribution in [2.24, 2.45) is 5.41 Å². The molecule has 1 aromatic carbocycles. The van der Waals surface area contributed by atoms with E-state index >= 15 is 0 Å². The second kappa shape index (κ2) is 7.74. The number of halogens is 3. The molecule has 1 saturated heterocycles. The minimum Gasteiger partial charge on any atom is -0.376 e. The largest absolute Gasteiger partial charge is 0.534 e. The molecule has 0 unspecified atom stereocenters. The molecule has 1 atom stereocenters. The lowest BCUT2D eigenvalue weighted by atomic mass is 9.66. The summed E-state index contributed by atoms with van der Waals surface area (Å²) < 4.78 is 64.2. The van der Waals surface area contributed by atoms with Crippen molar-refractivity contribution in [2.45, 2.75) is 64.5 Å². The Balaban J connectivity index is 2.34. The molecule has 1 heterocycles. The van der Waals surface area contributed by atoms with E-state index < -0.39 is 15.6 Å². The van der Waals surface area contributed by atoms with Crippen molar-refractivity contribution < 1.29 is 25.8 Å². The van der Waals surface area contributed by atoms with Crippen LogP contribution in [-0.4, -0.2) is 49.5 Å². The number of hydrogen-bond donors (Lipinski definition) is 1. The molecule has 9 heteroatoms. The zero-order valence-electron chi connectivity index (χ0n) is 17.9. The van der Waals surface area contributed by atoms with Gasteiger partial charge >= 0.3 is 15.6 Å². The number of alkyl halides is 3. The molecule has 1 fully saturated rings. The first-order valence-corrected chi connectivity index (χ1v) is 11.0. The van der Waals surface area contributed by atoms with E-state index in [1.54, 1.807) is 12.1 Å². The van der Waals surface area contributed by atoms with Crippen LogP contribution in [0.5, 0.6) is 5.75 Å². The van der Waals surface area contributed by atoms with E-state index in [0.717, 1.165) is 25.2 Å². The average Bonchev–Trinajstić information content (AvgIpc) is 2.54. The Morgan fingerprint density at radius 3 is 2.07 bits per heavy atom. The highest BCUT2D eigenvalue weighted by Crippen LogP contribution is 2.43. The molecule has 0 amide bonds. The van der Waals surface area contributed by atoms with Crippen molar-refractivity contribution in [1.29, 1.82) is 0 Å². The topological polar surface area (TPSA) is 58.6 Å². The first kappa shape index (κ1) is 24.0. The van der Waals surface area contributed by atoms with Gasteiger partial charge in [0.1, 0.15) is 5.75 Å². The normalized spacial score (nSPS) is 22.5. The predicted octanol–water partition coefficient (Wildman–Crippen LogP) is 3.95. The lowest BCUT2D eigenvalue weighted by Crippen LogP contribution is -2.72. The maximum atomic E-state index is 12.5. The monoisotopic (exact) mass is 436 g/mol. The van der Waals surface area contributed by atoms with Crippen molar-refractivity contribution in [3.8, 4) is 5.75 Å². The number of piperazine rings is 1. The van der Waals surface area contributed by atoms with Crippen molar-refractivity contribution in [2.75, 3.05) is 19.6 Å². The van der Waals surface area contributed by atoms with E-state index in [2.05, 4.69) is 55.9 Å². The molecule has 1 aromatic rings. The summed E-state index contributed by atoms with van der Waals surface area (Å²) in [6, 6.07) is 5.80. The molecule has 0 bridgehead atoms. The highest BCUT2D eigenvalue weighted by atomic mass is 32.2. The van der Waals surface area contributed by atoms with E-state index in [9.17, 15) is 21.6 Å².